The summed E-state index contributed by atoms with van der Waals surface area (Å²) in [7, 11) is 0. The van der Waals surface area contributed by atoms with E-state index in [4.69, 9.17) is 16.3 Å². The van der Waals surface area contributed by atoms with Gasteiger partial charge in [0.25, 0.3) is 0 Å². The lowest BCUT2D eigenvalue weighted by Gasteiger charge is -2.36. The zero-order valence-corrected chi connectivity index (χ0v) is 16.4. The van der Waals surface area contributed by atoms with E-state index in [2.05, 4.69) is 5.32 Å². The van der Waals surface area contributed by atoms with E-state index in [-0.39, 0.29) is 23.8 Å². The number of fused-ring (bicyclic) bond motifs is 1. The van der Waals surface area contributed by atoms with Crippen molar-refractivity contribution in [3.63, 3.8) is 0 Å². The van der Waals surface area contributed by atoms with Crippen LogP contribution in [0.5, 0.6) is 5.75 Å². The van der Waals surface area contributed by atoms with Crippen LogP contribution in [0.2, 0.25) is 5.02 Å². The molecule has 0 bridgehead atoms. The summed E-state index contributed by atoms with van der Waals surface area (Å²) >= 11 is 6.21. The Bertz CT molecular complexity index is 699. The lowest BCUT2D eigenvalue weighted by molar-refractivity contribution is -0.143. The van der Waals surface area contributed by atoms with Crippen molar-refractivity contribution in [3.05, 3.63) is 28.8 Å². The summed E-state index contributed by atoms with van der Waals surface area (Å²) in [6.45, 7) is 7.51. The summed E-state index contributed by atoms with van der Waals surface area (Å²) < 4.78 is 5.66. The maximum atomic E-state index is 12.9. The van der Waals surface area contributed by atoms with E-state index in [1.165, 1.54) is 0 Å². The number of rotatable bonds is 2. The van der Waals surface area contributed by atoms with Crippen molar-refractivity contribution in [3.8, 4) is 5.75 Å². The zero-order valence-electron chi connectivity index (χ0n) is 15.7. The van der Waals surface area contributed by atoms with Gasteiger partial charge in [0.15, 0.2) is 0 Å². The molecule has 2 atom stereocenters. The van der Waals surface area contributed by atoms with Crippen molar-refractivity contribution >= 4 is 23.4 Å². The summed E-state index contributed by atoms with van der Waals surface area (Å²) in [4.78, 5) is 27.2. The Kier molecular flexibility index (Phi) is 5.47. The molecule has 0 aromatic heterocycles. The highest BCUT2D eigenvalue weighted by molar-refractivity contribution is 6.32. The summed E-state index contributed by atoms with van der Waals surface area (Å²) in [6, 6.07) is 5.52. The number of para-hydroxylation sites is 1. The van der Waals surface area contributed by atoms with Gasteiger partial charge < -0.3 is 15.0 Å². The van der Waals surface area contributed by atoms with Crippen LogP contribution in [0.15, 0.2) is 18.2 Å². The number of nitrogens with zero attached hydrogens (tertiary/aromatic N) is 1. The molecule has 3 rings (SSSR count). The maximum absolute atomic E-state index is 12.9. The molecule has 1 aromatic rings. The van der Waals surface area contributed by atoms with Gasteiger partial charge in [-0.15, -0.1) is 0 Å². The lowest BCUT2D eigenvalue weighted by Crippen LogP contribution is -2.49. The van der Waals surface area contributed by atoms with E-state index in [1.54, 1.807) is 6.07 Å². The first-order chi connectivity index (χ1) is 12.3. The van der Waals surface area contributed by atoms with Gasteiger partial charge in [0.1, 0.15) is 5.75 Å². The first kappa shape index (κ1) is 19.0. The molecule has 2 aliphatic rings. The van der Waals surface area contributed by atoms with E-state index < -0.39 is 5.41 Å². The van der Waals surface area contributed by atoms with Gasteiger partial charge in [-0.05, 0) is 18.9 Å². The Labute approximate surface area is 160 Å². The van der Waals surface area contributed by atoms with Gasteiger partial charge in [0.05, 0.1) is 23.6 Å². The predicted molar refractivity (Wildman–Crippen MR) is 101 cm³/mol. The molecule has 1 aromatic carbocycles. The molecule has 0 spiro atoms. The first-order valence-corrected chi connectivity index (χ1v) is 9.66. The molecule has 1 saturated heterocycles. The predicted octanol–water partition coefficient (Wildman–Crippen LogP) is 3.56. The Hall–Kier alpha value is -1.75. The molecule has 1 N–H and O–H groups in total. The number of benzene rings is 1. The average molecular weight is 379 g/mol. The van der Waals surface area contributed by atoms with Crippen LogP contribution < -0.4 is 10.1 Å². The van der Waals surface area contributed by atoms with Crippen molar-refractivity contribution in [2.24, 2.45) is 11.3 Å². The summed E-state index contributed by atoms with van der Waals surface area (Å²) in [5, 5.41) is 3.73. The molecular formula is C20H27ClN2O3. The van der Waals surface area contributed by atoms with Crippen LogP contribution in [0.3, 0.4) is 0 Å². The molecule has 6 heteroatoms. The Balaban J connectivity index is 1.68. The smallest absolute Gasteiger partial charge is 0.227 e. The van der Waals surface area contributed by atoms with Crippen LogP contribution >= 0.6 is 11.6 Å². The third kappa shape index (κ3) is 3.98. The van der Waals surface area contributed by atoms with E-state index in [0.717, 1.165) is 31.4 Å². The standard InChI is InChI=1S/C20H27ClN2O3/c1-20(2,3)19(25)23-10-5-6-13(12-23)18(24)22-16-9-11-26-17-14(16)7-4-8-15(17)21/h4,7-8,13,16H,5-6,9-12H2,1-3H3,(H,22,24)/t13-,16+/m0/s1. The second-order valence-corrected chi connectivity index (χ2v) is 8.60. The van der Waals surface area contributed by atoms with Gasteiger partial charge in [0, 0.05) is 30.5 Å². The van der Waals surface area contributed by atoms with E-state index in [1.807, 2.05) is 37.8 Å². The number of piperidine rings is 1. The number of ether oxygens (including phenoxy) is 1. The molecule has 2 amide bonds. The van der Waals surface area contributed by atoms with E-state index in [0.29, 0.717) is 23.9 Å². The van der Waals surface area contributed by atoms with Gasteiger partial charge in [-0.2, -0.15) is 0 Å². The minimum Gasteiger partial charge on any atom is -0.492 e. The zero-order chi connectivity index (χ0) is 18.9. The van der Waals surface area contributed by atoms with Gasteiger partial charge in [-0.3, -0.25) is 9.59 Å². The SMILES string of the molecule is CC(C)(C)C(=O)N1CCC[C@H](C(=O)N[C@@H]2CCOc3c(Cl)cccc32)C1. The first-order valence-electron chi connectivity index (χ1n) is 9.28. The Morgan fingerprint density at radius 3 is 2.77 bits per heavy atom. The van der Waals surface area contributed by atoms with Gasteiger partial charge in [-0.1, -0.05) is 44.5 Å². The molecule has 0 radical (unpaired) electrons. The molecule has 5 nitrogen and oxygen atoms in total. The second-order valence-electron chi connectivity index (χ2n) is 8.20. The number of amides is 2. The second kappa shape index (κ2) is 7.47. The van der Waals surface area contributed by atoms with Crippen LogP contribution in [0.4, 0.5) is 0 Å². The van der Waals surface area contributed by atoms with Crippen LogP contribution in [0, 0.1) is 11.3 Å². The number of carbonyl (C=O) groups excluding carboxylic acids is 2. The highest BCUT2D eigenvalue weighted by atomic mass is 35.5. The lowest BCUT2D eigenvalue weighted by atomic mass is 9.90. The molecule has 1 fully saturated rings. The molecule has 2 heterocycles. The monoisotopic (exact) mass is 378 g/mol. The summed E-state index contributed by atoms with van der Waals surface area (Å²) in [6.07, 6.45) is 2.39. The topological polar surface area (TPSA) is 58.6 Å². The van der Waals surface area contributed by atoms with Crippen molar-refractivity contribution in [1.29, 1.82) is 0 Å². The fourth-order valence-electron chi connectivity index (χ4n) is 3.68. The maximum Gasteiger partial charge on any atom is 0.227 e. The quantitative estimate of drug-likeness (QED) is 0.855. The number of halogens is 1. The minimum atomic E-state index is -0.422. The van der Waals surface area contributed by atoms with Crippen molar-refractivity contribution in [1.82, 2.24) is 10.2 Å². The fourth-order valence-corrected chi connectivity index (χ4v) is 3.91. The Morgan fingerprint density at radius 1 is 1.27 bits per heavy atom. The van der Waals surface area contributed by atoms with E-state index in [9.17, 15) is 9.59 Å². The minimum absolute atomic E-state index is 0.00855. The van der Waals surface area contributed by atoms with Crippen molar-refractivity contribution in [2.45, 2.75) is 46.1 Å². The number of hydrogen-bond acceptors (Lipinski definition) is 3. The number of carbonyl (C=O) groups is 2. The third-order valence-electron chi connectivity index (χ3n) is 5.06. The van der Waals surface area contributed by atoms with Gasteiger partial charge in [-0.25, -0.2) is 0 Å². The molecule has 0 unspecified atom stereocenters. The largest absolute Gasteiger partial charge is 0.492 e. The van der Waals surface area contributed by atoms with Crippen LogP contribution in [-0.4, -0.2) is 36.4 Å². The van der Waals surface area contributed by atoms with Crippen LogP contribution in [0.1, 0.15) is 51.6 Å². The van der Waals surface area contributed by atoms with Crippen molar-refractivity contribution in [2.75, 3.05) is 19.7 Å². The number of hydrogen-bond donors (Lipinski definition) is 1. The average Bonchev–Trinajstić information content (AvgIpc) is 2.61. The van der Waals surface area contributed by atoms with Crippen LogP contribution in [0.25, 0.3) is 0 Å². The Morgan fingerprint density at radius 2 is 2.04 bits per heavy atom. The fraction of sp³-hybridized carbons (Fsp3) is 0.600. The van der Waals surface area contributed by atoms with Crippen molar-refractivity contribution < 1.29 is 14.3 Å². The molecule has 26 heavy (non-hydrogen) atoms. The summed E-state index contributed by atoms with van der Waals surface area (Å²) in [5.74, 6) is 0.617. The molecule has 0 saturated carbocycles. The molecule has 0 aliphatic carbocycles. The normalized spacial score (nSPS) is 23.0. The third-order valence-corrected chi connectivity index (χ3v) is 5.36. The van der Waals surface area contributed by atoms with Gasteiger partial charge in [0.2, 0.25) is 11.8 Å². The van der Waals surface area contributed by atoms with Crippen LogP contribution in [-0.2, 0) is 9.59 Å². The molecular weight excluding hydrogens is 352 g/mol. The number of likely N-dealkylation sites (tertiary alicyclic amines) is 1. The number of nitrogens with one attached hydrogen (secondary N) is 1. The van der Waals surface area contributed by atoms with E-state index >= 15 is 0 Å². The highest BCUT2D eigenvalue weighted by Crippen LogP contribution is 2.37. The summed E-state index contributed by atoms with van der Waals surface area (Å²) in [5.41, 5.74) is 0.505. The molecule has 142 valence electrons. The van der Waals surface area contributed by atoms with Gasteiger partial charge >= 0.3 is 0 Å². The highest BCUT2D eigenvalue weighted by Gasteiger charge is 2.34. The molecule has 2 aliphatic heterocycles.